The Morgan fingerprint density at radius 1 is 0.769 bits per heavy atom. The summed E-state index contributed by atoms with van der Waals surface area (Å²) >= 11 is 0. The number of piperazine rings is 2. The van der Waals surface area contributed by atoms with Gasteiger partial charge in [-0.1, -0.05) is 13.8 Å². The molecule has 0 aliphatic carbocycles. The van der Waals surface area contributed by atoms with Crippen molar-refractivity contribution < 1.29 is 9.59 Å². The van der Waals surface area contributed by atoms with Crippen molar-refractivity contribution in [3.05, 3.63) is 29.6 Å². The number of amides is 2. The fourth-order valence-corrected chi connectivity index (χ4v) is 3.57. The molecule has 2 saturated heterocycles. The van der Waals surface area contributed by atoms with Gasteiger partial charge in [0.25, 0.3) is 11.8 Å². The summed E-state index contributed by atoms with van der Waals surface area (Å²) in [5, 5.41) is 0. The fourth-order valence-electron chi connectivity index (χ4n) is 3.57. The molecule has 2 aliphatic rings. The lowest BCUT2D eigenvalue weighted by atomic mass is 10.1. The predicted octanol–water partition coefficient (Wildman–Crippen LogP) is 0.637. The SMILES string of the molecule is CCN1CCN(C(=O)c2cncc(C(=O)N3CCN(CC)CC3)c2)CC1. The Bertz CT molecular complexity index is 583. The summed E-state index contributed by atoms with van der Waals surface area (Å²) in [4.78, 5) is 38.1. The van der Waals surface area contributed by atoms with Crippen LogP contribution in [0, 0.1) is 0 Å². The van der Waals surface area contributed by atoms with Gasteiger partial charge < -0.3 is 19.6 Å². The second kappa shape index (κ2) is 8.60. The highest BCUT2D eigenvalue weighted by Gasteiger charge is 2.25. The van der Waals surface area contributed by atoms with Crippen LogP contribution in [0.3, 0.4) is 0 Å². The van der Waals surface area contributed by atoms with E-state index in [0.29, 0.717) is 11.1 Å². The van der Waals surface area contributed by atoms with Crippen molar-refractivity contribution >= 4 is 11.8 Å². The average Bonchev–Trinajstić information content (AvgIpc) is 2.73. The number of aromatic nitrogens is 1. The van der Waals surface area contributed by atoms with Gasteiger partial charge in [0.1, 0.15) is 0 Å². The average molecular weight is 359 g/mol. The van der Waals surface area contributed by atoms with Crippen molar-refractivity contribution in [2.24, 2.45) is 0 Å². The van der Waals surface area contributed by atoms with E-state index in [9.17, 15) is 9.59 Å². The molecule has 0 radical (unpaired) electrons. The van der Waals surface area contributed by atoms with E-state index in [0.717, 1.165) is 65.4 Å². The molecule has 0 N–H and O–H groups in total. The number of hydrogen-bond donors (Lipinski definition) is 0. The maximum Gasteiger partial charge on any atom is 0.255 e. The molecule has 26 heavy (non-hydrogen) atoms. The van der Waals surface area contributed by atoms with Crippen molar-refractivity contribution in [3.63, 3.8) is 0 Å². The van der Waals surface area contributed by atoms with Gasteiger partial charge in [-0.3, -0.25) is 14.6 Å². The third-order valence-electron chi connectivity index (χ3n) is 5.45. The number of hydrogen-bond acceptors (Lipinski definition) is 5. The molecule has 0 unspecified atom stereocenters. The van der Waals surface area contributed by atoms with Crippen LogP contribution in [0.5, 0.6) is 0 Å². The molecule has 1 aromatic rings. The quantitative estimate of drug-likeness (QED) is 0.790. The highest BCUT2D eigenvalue weighted by molar-refractivity contribution is 5.99. The van der Waals surface area contributed by atoms with Gasteiger partial charge >= 0.3 is 0 Å². The fraction of sp³-hybridized carbons (Fsp3) is 0.632. The molecule has 2 aliphatic heterocycles. The molecule has 0 aromatic carbocycles. The Morgan fingerprint density at radius 3 is 1.50 bits per heavy atom. The highest BCUT2D eigenvalue weighted by atomic mass is 16.2. The summed E-state index contributed by atoms with van der Waals surface area (Å²) in [7, 11) is 0. The van der Waals surface area contributed by atoms with Crippen LogP contribution in [0.25, 0.3) is 0 Å². The zero-order valence-electron chi connectivity index (χ0n) is 15.9. The van der Waals surface area contributed by atoms with Gasteiger partial charge in [0, 0.05) is 64.8 Å². The van der Waals surface area contributed by atoms with Gasteiger partial charge in [-0.15, -0.1) is 0 Å². The lowest BCUT2D eigenvalue weighted by Gasteiger charge is -2.34. The molecule has 0 atom stereocenters. The van der Waals surface area contributed by atoms with Crippen LogP contribution < -0.4 is 0 Å². The van der Waals surface area contributed by atoms with Gasteiger partial charge in [0.15, 0.2) is 0 Å². The van der Waals surface area contributed by atoms with E-state index >= 15 is 0 Å². The number of likely N-dealkylation sites (N-methyl/N-ethyl adjacent to an activating group) is 2. The summed E-state index contributed by atoms with van der Waals surface area (Å²) in [5.41, 5.74) is 1.01. The van der Waals surface area contributed by atoms with Gasteiger partial charge in [-0.05, 0) is 19.2 Å². The van der Waals surface area contributed by atoms with E-state index < -0.39 is 0 Å². The Hall–Kier alpha value is -1.99. The lowest BCUT2D eigenvalue weighted by molar-refractivity contribution is 0.0640. The van der Waals surface area contributed by atoms with Crippen LogP contribution >= 0.6 is 0 Å². The van der Waals surface area contributed by atoms with E-state index in [1.807, 2.05) is 9.80 Å². The Kier molecular flexibility index (Phi) is 6.21. The third kappa shape index (κ3) is 4.22. The van der Waals surface area contributed by atoms with Crippen LogP contribution in [0.1, 0.15) is 34.6 Å². The summed E-state index contributed by atoms with van der Waals surface area (Å²) < 4.78 is 0. The summed E-state index contributed by atoms with van der Waals surface area (Å²) in [6.07, 6.45) is 3.14. The predicted molar refractivity (Wildman–Crippen MR) is 100 cm³/mol. The van der Waals surface area contributed by atoms with Crippen molar-refractivity contribution in [1.29, 1.82) is 0 Å². The van der Waals surface area contributed by atoms with Crippen molar-refractivity contribution in [3.8, 4) is 0 Å². The number of pyridine rings is 1. The monoisotopic (exact) mass is 359 g/mol. The normalized spacial score (nSPS) is 19.6. The van der Waals surface area contributed by atoms with Crippen molar-refractivity contribution in [1.82, 2.24) is 24.6 Å². The summed E-state index contributed by atoms with van der Waals surface area (Å²) in [5.74, 6) is -0.0580. The molecular weight excluding hydrogens is 330 g/mol. The maximum atomic E-state index is 12.8. The van der Waals surface area contributed by atoms with Crippen LogP contribution in [-0.4, -0.2) is 102 Å². The second-order valence-electron chi connectivity index (χ2n) is 6.92. The van der Waals surface area contributed by atoms with Gasteiger partial charge in [0.2, 0.25) is 0 Å². The van der Waals surface area contributed by atoms with Gasteiger partial charge in [0.05, 0.1) is 11.1 Å². The van der Waals surface area contributed by atoms with Crippen LogP contribution in [-0.2, 0) is 0 Å². The molecular formula is C19H29N5O2. The Balaban J connectivity index is 1.64. The molecule has 1 aromatic heterocycles. The molecule has 7 nitrogen and oxygen atoms in total. The molecule has 142 valence electrons. The first-order valence-electron chi connectivity index (χ1n) is 9.60. The largest absolute Gasteiger partial charge is 0.336 e. The number of carbonyl (C=O) groups excluding carboxylic acids is 2. The number of rotatable bonds is 4. The molecule has 2 amide bonds. The van der Waals surface area contributed by atoms with Crippen molar-refractivity contribution in [2.75, 3.05) is 65.4 Å². The van der Waals surface area contributed by atoms with E-state index in [2.05, 4.69) is 28.6 Å². The highest BCUT2D eigenvalue weighted by Crippen LogP contribution is 2.13. The number of nitrogens with zero attached hydrogens (tertiary/aromatic N) is 5. The molecule has 2 fully saturated rings. The van der Waals surface area contributed by atoms with E-state index in [1.165, 1.54) is 0 Å². The number of carbonyl (C=O) groups is 2. The molecule has 0 bridgehead atoms. The lowest BCUT2D eigenvalue weighted by Crippen LogP contribution is -2.49. The smallest absolute Gasteiger partial charge is 0.255 e. The summed E-state index contributed by atoms with van der Waals surface area (Å²) in [6.45, 7) is 12.8. The molecule has 7 heteroatoms. The molecule has 0 saturated carbocycles. The van der Waals surface area contributed by atoms with Crippen LogP contribution in [0.15, 0.2) is 18.5 Å². The van der Waals surface area contributed by atoms with E-state index in [1.54, 1.807) is 18.5 Å². The maximum absolute atomic E-state index is 12.8. The molecule has 3 rings (SSSR count). The first-order chi connectivity index (χ1) is 12.6. The van der Waals surface area contributed by atoms with E-state index in [-0.39, 0.29) is 11.8 Å². The van der Waals surface area contributed by atoms with Gasteiger partial charge in [-0.2, -0.15) is 0 Å². The molecule has 3 heterocycles. The Morgan fingerprint density at radius 2 is 1.15 bits per heavy atom. The topological polar surface area (TPSA) is 60.0 Å². The minimum absolute atomic E-state index is 0.0290. The minimum Gasteiger partial charge on any atom is -0.336 e. The zero-order chi connectivity index (χ0) is 18.5. The second-order valence-corrected chi connectivity index (χ2v) is 6.92. The first-order valence-corrected chi connectivity index (χ1v) is 9.60. The third-order valence-corrected chi connectivity index (χ3v) is 5.45. The zero-order valence-corrected chi connectivity index (χ0v) is 15.9. The van der Waals surface area contributed by atoms with Gasteiger partial charge in [-0.25, -0.2) is 0 Å². The van der Waals surface area contributed by atoms with Crippen molar-refractivity contribution in [2.45, 2.75) is 13.8 Å². The first kappa shape index (κ1) is 18.8. The Labute approximate surface area is 155 Å². The summed E-state index contributed by atoms with van der Waals surface area (Å²) in [6, 6.07) is 1.70. The minimum atomic E-state index is -0.0290. The molecule has 0 spiro atoms. The van der Waals surface area contributed by atoms with E-state index in [4.69, 9.17) is 0 Å². The standard InChI is InChI=1S/C19H29N5O2/c1-3-21-5-9-23(10-6-21)18(25)16-13-17(15-20-14-16)19(26)24-11-7-22(4-2)8-12-24/h13-15H,3-12H2,1-2H3. The van der Waals surface area contributed by atoms with Crippen LogP contribution in [0.4, 0.5) is 0 Å². The van der Waals surface area contributed by atoms with Crippen LogP contribution in [0.2, 0.25) is 0 Å².